The maximum absolute atomic E-state index is 5.84. The Balaban J connectivity index is 2.04. The van der Waals surface area contributed by atoms with E-state index in [4.69, 9.17) is 20.1 Å². The molecule has 0 spiro atoms. The molecule has 1 aliphatic heterocycles. The first-order valence-electron chi connectivity index (χ1n) is 6.48. The highest BCUT2D eigenvalue weighted by Gasteiger charge is 2.16. The molecule has 2 heterocycles. The number of aromatic nitrogens is 2. The third-order valence-electron chi connectivity index (χ3n) is 2.79. The highest BCUT2D eigenvalue weighted by atomic mass is 16.5. The van der Waals surface area contributed by atoms with E-state index in [1.54, 1.807) is 6.07 Å². The average Bonchev–Trinajstić information content (AvgIpc) is 2.46. The van der Waals surface area contributed by atoms with Crippen molar-refractivity contribution in [3.8, 4) is 5.88 Å². The van der Waals surface area contributed by atoms with Crippen LogP contribution in [-0.4, -0.2) is 35.9 Å². The normalized spacial score (nSPS) is 16.3. The molecule has 1 aromatic heterocycles. The van der Waals surface area contributed by atoms with Gasteiger partial charge in [0.2, 0.25) is 5.88 Å². The van der Waals surface area contributed by atoms with Gasteiger partial charge in [-0.15, -0.1) is 0 Å². The van der Waals surface area contributed by atoms with Crippen molar-refractivity contribution in [2.75, 3.05) is 25.2 Å². The molecule has 7 heteroatoms. The number of rotatable bonds is 6. The Morgan fingerprint density at radius 3 is 2.89 bits per heavy atom. The molecule has 1 aliphatic rings. The van der Waals surface area contributed by atoms with Crippen molar-refractivity contribution in [2.24, 2.45) is 5.84 Å². The zero-order chi connectivity index (χ0) is 13.5. The molecular weight excluding hydrogens is 248 g/mol. The van der Waals surface area contributed by atoms with Gasteiger partial charge in [-0.2, -0.15) is 4.98 Å². The third-order valence-corrected chi connectivity index (χ3v) is 2.79. The van der Waals surface area contributed by atoms with Gasteiger partial charge in [-0.05, 0) is 6.92 Å². The minimum atomic E-state index is 0.134. The smallest absolute Gasteiger partial charge is 0.219 e. The van der Waals surface area contributed by atoms with Gasteiger partial charge in [-0.1, -0.05) is 0 Å². The zero-order valence-electron chi connectivity index (χ0n) is 11.1. The first kappa shape index (κ1) is 14.0. The number of hydrogen-bond acceptors (Lipinski definition) is 7. The molecule has 19 heavy (non-hydrogen) atoms. The summed E-state index contributed by atoms with van der Waals surface area (Å²) >= 11 is 0. The van der Waals surface area contributed by atoms with Crippen LogP contribution in [0.25, 0.3) is 0 Å². The number of nitrogen functional groups attached to an aromatic ring is 1. The second-order valence-corrected chi connectivity index (χ2v) is 4.22. The van der Waals surface area contributed by atoms with Gasteiger partial charge in [-0.25, -0.2) is 10.8 Å². The van der Waals surface area contributed by atoms with E-state index in [2.05, 4.69) is 15.4 Å². The fourth-order valence-corrected chi connectivity index (χ4v) is 1.83. The topological polar surface area (TPSA) is 91.5 Å². The van der Waals surface area contributed by atoms with Crippen molar-refractivity contribution in [2.45, 2.75) is 32.5 Å². The van der Waals surface area contributed by atoms with Crippen molar-refractivity contribution in [3.63, 3.8) is 0 Å². The number of nitrogens with two attached hydrogens (primary N) is 1. The predicted octanol–water partition coefficient (Wildman–Crippen LogP) is 0.856. The number of nitrogens with zero attached hydrogens (tertiary/aromatic N) is 2. The van der Waals surface area contributed by atoms with E-state index in [1.165, 1.54) is 0 Å². The second kappa shape index (κ2) is 7.22. The summed E-state index contributed by atoms with van der Waals surface area (Å²) in [5.74, 6) is 6.99. The summed E-state index contributed by atoms with van der Waals surface area (Å²) in [7, 11) is 0. The first-order chi connectivity index (χ1) is 9.31. The third kappa shape index (κ3) is 4.30. The predicted molar refractivity (Wildman–Crippen MR) is 69.6 cm³/mol. The van der Waals surface area contributed by atoms with E-state index in [9.17, 15) is 0 Å². The van der Waals surface area contributed by atoms with Gasteiger partial charge in [-0.3, -0.25) is 0 Å². The minimum Gasteiger partial charge on any atom is -0.474 e. The van der Waals surface area contributed by atoms with Crippen LogP contribution < -0.4 is 16.0 Å². The van der Waals surface area contributed by atoms with Crippen molar-refractivity contribution in [1.82, 2.24) is 9.97 Å². The molecule has 0 aromatic carbocycles. The Morgan fingerprint density at radius 2 is 2.21 bits per heavy atom. The highest BCUT2D eigenvalue weighted by Crippen LogP contribution is 2.18. The quantitative estimate of drug-likeness (QED) is 0.584. The molecule has 0 saturated carbocycles. The summed E-state index contributed by atoms with van der Waals surface area (Å²) in [5, 5.41) is 0. The van der Waals surface area contributed by atoms with E-state index >= 15 is 0 Å². The number of hydrazine groups is 1. The van der Waals surface area contributed by atoms with Crippen molar-refractivity contribution < 1.29 is 14.2 Å². The van der Waals surface area contributed by atoms with Gasteiger partial charge in [0.15, 0.2) is 5.82 Å². The van der Waals surface area contributed by atoms with Gasteiger partial charge < -0.3 is 19.6 Å². The summed E-state index contributed by atoms with van der Waals surface area (Å²) < 4.78 is 16.4. The minimum absolute atomic E-state index is 0.134. The molecule has 0 unspecified atom stereocenters. The lowest BCUT2D eigenvalue weighted by atomic mass is 10.2. The van der Waals surface area contributed by atoms with Gasteiger partial charge in [0.05, 0.1) is 13.2 Å². The molecule has 0 bridgehead atoms. The van der Waals surface area contributed by atoms with Crippen LogP contribution in [0.3, 0.4) is 0 Å². The molecule has 0 radical (unpaired) electrons. The lowest BCUT2D eigenvalue weighted by Crippen LogP contribution is -2.26. The average molecular weight is 268 g/mol. The fraction of sp³-hybridized carbons (Fsp3) is 0.667. The first-order valence-corrected chi connectivity index (χ1v) is 6.48. The standard InChI is InChI=1S/C12H20N4O3/c1-2-17-8-11-14-10(16-13)7-12(15-11)19-9-3-5-18-6-4-9/h7,9H,2-6,8,13H2,1H3,(H,14,15,16). The summed E-state index contributed by atoms with van der Waals surface area (Å²) in [5.41, 5.74) is 2.51. The zero-order valence-corrected chi connectivity index (χ0v) is 11.1. The molecular formula is C12H20N4O3. The van der Waals surface area contributed by atoms with Crippen molar-refractivity contribution in [1.29, 1.82) is 0 Å². The summed E-state index contributed by atoms with van der Waals surface area (Å²) in [6.07, 6.45) is 1.88. The molecule has 106 valence electrons. The van der Waals surface area contributed by atoms with Crippen LogP contribution in [0.2, 0.25) is 0 Å². The molecule has 1 fully saturated rings. The van der Waals surface area contributed by atoms with Gasteiger partial charge in [0, 0.05) is 25.5 Å². The maximum atomic E-state index is 5.84. The largest absolute Gasteiger partial charge is 0.474 e. The molecule has 1 aromatic rings. The van der Waals surface area contributed by atoms with Gasteiger partial charge >= 0.3 is 0 Å². The molecule has 2 rings (SSSR count). The van der Waals surface area contributed by atoms with Crippen LogP contribution in [-0.2, 0) is 16.1 Å². The monoisotopic (exact) mass is 268 g/mol. The molecule has 7 nitrogen and oxygen atoms in total. The summed E-state index contributed by atoms with van der Waals surface area (Å²) in [6, 6.07) is 1.69. The lowest BCUT2D eigenvalue weighted by molar-refractivity contribution is 0.0233. The molecule has 3 N–H and O–H groups in total. The van der Waals surface area contributed by atoms with Crippen molar-refractivity contribution >= 4 is 5.82 Å². The molecule has 0 aliphatic carbocycles. The summed E-state index contributed by atoms with van der Waals surface area (Å²) in [4.78, 5) is 8.52. The van der Waals surface area contributed by atoms with E-state index in [0.29, 0.717) is 30.7 Å². The van der Waals surface area contributed by atoms with E-state index in [0.717, 1.165) is 26.1 Å². The van der Waals surface area contributed by atoms with Crippen LogP contribution in [0.1, 0.15) is 25.6 Å². The Kier molecular flexibility index (Phi) is 5.31. The van der Waals surface area contributed by atoms with Crippen LogP contribution in [0.15, 0.2) is 6.07 Å². The Hall–Kier alpha value is -1.44. The number of anilines is 1. The van der Waals surface area contributed by atoms with Crippen LogP contribution >= 0.6 is 0 Å². The number of hydrogen-bond donors (Lipinski definition) is 2. The van der Waals surface area contributed by atoms with E-state index in [1.807, 2.05) is 6.92 Å². The number of ether oxygens (including phenoxy) is 3. The SMILES string of the molecule is CCOCc1nc(NN)cc(OC2CCOCC2)n1. The van der Waals surface area contributed by atoms with Crippen LogP contribution in [0.5, 0.6) is 5.88 Å². The van der Waals surface area contributed by atoms with Crippen LogP contribution in [0, 0.1) is 0 Å². The van der Waals surface area contributed by atoms with Gasteiger partial charge in [0.1, 0.15) is 18.5 Å². The Bertz CT molecular complexity index is 397. The van der Waals surface area contributed by atoms with E-state index < -0.39 is 0 Å². The highest BCUT2D eigenvalue weighted by molar-refractivity contribution is 5.37. The van der Waals surface area contributed by atoms with Crippen LogP contribution in [0.4, 0.5) is 5.82 Å². The summed E-state index contributed by atoms with van der Waals surface area (Å²) in [6.45, 7) is 4.33. The lowest BCUT2D eigenvalue weighted by Gasteiger charge is -2.23. The van der Waals surface area contributed by atoms with E-state index in [-0.39, 0.29) is 6.10 Å². The molecule has 0 atom stereocenters. The second-order valence-electron chi connectivity index (χ2n) is 4.22. The number of nitrogens with one attached hydrogen (secondary N) is 1. The Labute approximate surface area is 112 Å². The maximum Gasteiger partial charge on any atom is 0.219 e. The fourth-order valence-electron chi connectivity index (χ4n) is 1.83. The Morgan fingerprint density at radius 1 is 1.42 bits per heavy atom. The molecule has 1 saturated heterocycles. The molecule has 0 amide bonds. The van der Waals surface area contributed by atoms with Gasteiger partial charge in [0.25, 0.3) is 0 Å². The van der Waals surface area contributed by atoms with Crippen molar-refractivity contribution in [3.05, 3.63) is 11.9 Å².